The van der Waals surface area contributed by atoms with E-state index in [4.69, 9.17) is 0 Å². The van der Waals surface area contributed by atoms with Crippen LogP contribution >= 0.6 is 0 Å². The van der Waals surface area contributed by atoms with Gasteiger partial charge in [0.15, 0.2) is 0 Å². The normalized spacial score (nSPS) is 10.2. The fraction of sp³-hybridized carbons (Fsp3) is 0.500. The molecule has 96 valence electrons. The Labute approximate surface area is 104 Å². The number of carbonyl (C=O) groups is 1. The minimum Gasteiger partial charge on any atom is -0.508 e. The van der Waals surface area contributed by atoms with Crippen molar-refractivity contribution in [1.82, 2.24) is 5.32 Å². The van der Waals surface area contributed by atoms with Gasteiger partial charge in [0.05, 0.1) is 0 Å². The largest absolute Gasteiger partial charge is 0.508 e. The van der Waals surface area contributed by atoms with Gasteiger partial charge in [0.2, 0.25) is 0 Å². The lowest BCUT2D eigenvalue weighted by molar-refractivity contribution is 0.0919. The Balaban J connectivity index is 0.00000121. The van der Waals surface area contributed by atoms with Crippen molar-refractivity contribution in [3.63, 3.8) is 0 Å². The smallest absolute Gasteiger partial charge is 0.251 e. The number of nitrogens with one attached hydrogen (secondary N) is 1. The van der Waals surface area contributed by atoms with E-state index in [0.29, 0.717) is 5.56 Å². The van der Waals surface area contributed by atoms with Gasteiger partial charge >= 0.3 is 0 Å². The van der Waals surface area contributed by atoms with Gasteiger partial charge in [-0.25, -0.2) is 0 Å². The Bertz CT molecular complexity index is 378. The molecule has 1 aromatic rings. The molecule has 2 N–H and O–H groups in total. The van der Waals surface area contributed by atoms with E-state index in [1.54, 1.807) is 19.1 Å². The highest BCUT2D eigenvalue weighted by Crippen LogP contribution is 2.17. The van der Waals surface area contributed by atoms with Crippen LogP contribution < -0.4 is 5.32 Å². The van der Waals surface area contributed by atoms with Crippen molar-refractivity contribution in [3.05, 3.63) is 29.3 Å². The topological polar surface area (TPSA) is 49.3 Å². The first-order valence-corrected chi connectivity index (χ1v) is 5.92. The number of amides is 1. The number of carbonyl (C=O) groups excluding carboxylic acids is 1. The lowest BCUT2D eigenvalue weighted by Crippen LogP contribution is -2.40. The molecule has 0 saturated carbocycles. The lowest BCUT2D eigenvalue weighted by atomic mass is 10.1. The van der Waals surface area contributed by atoms with E-state index in [1.807, 2.05) is 34.6 Å². The van der Waals surface area contributed by atoms with Gasteiger partial charge in [0.1, 0.15) is 5.75 Å². The molecule has 3 heteroatoms. The SMILES string of the molecule is CC.Cc1ccc(C(=O)NC(C)(C)C)cc1O. The Hall–Kier alpha value is -1.51. The summed E-state index contributed by atoms with van der Waals surface area (Å²) in [6, 6.07) is 4.92. The molecule has 0 heterocycles. The summed E-state index contributed by atoms with van der Waals surface area (Å²) in [5.41, 5.74) is 0.979. The van der Waals surface area contributed by atoms with E-state index in [1.165, 1.54) is 6.07 Å². The fourth-order valence-electron chi connectivity index (χ4n) is 1.16. The lowest BCUT2D eigenvalue weighted by Gasteiger charge is -2.20. The molecular weight excluding hydrogens is 214 g/mol. The summed E-state index contributed by atoms with van der Waals surface area (Å²) in [6.07, 6.45) is 0. The van der Waals surface area contributed by atoms with E-state index in [9.17, 15) is 9.90 Å². The highest BCUT2D eigenvalue weighted by molar-refractivity contribution is 5.95. The van der Waals surface area contributed by atoms with Crippen LogP contribution in [-0.2, 0) is 0 Å². The first kappa shape index (κ1) is 15.5. The van der Waals surface area contributed by atoms with Crippen LogP contribution in [0.2, 0.25) is 0 Å². The number of hydrogen-bond donors (Lipinski definition) is 2. The van der Waals surface area contributed by atoms with Gasteiger partial charge in [0.25, 0.3) is 5.91 Å². The zero-order chi connectivity index (χ0) is 13.6. The summed E-state index contributed by atoms with van der Waals surface area (Å²) in [4.78, 5) is 11.7. The molecule has 0 aromatic heterocycles. The van der Waals surface area contributed by atoms with E-state index in [-0.39, 0.29) is 17.2 Å². The molecule has 0 radical (unpaired) electrons. The molecule has 1 rings (SSSR count). The first-order chi connectivity index (χ1) is 7.79. The number of rotatable bonds is 1. The molecular formula is C14H23NO2. The predicted octanol–water partition coefficient (Wildman–Crippen LogP) is 3.26. The van der Waals surface area contributed by atoms with Crippen molar-refractivity contribution in [1.29, 1.82) is 0 Å². The summed E-state index contributed by atoms with van der Waals surface area (Å²) in [6.45, 7) is 11.5. The molecule has 0 unspecified atom stereocenters. The van der Waals surface area contributed by atoms with Gasteiger partial charge in [-0.15, -0.1) is 0 Å². The monoisotopic (exact) mass is 237 g/mol. The van der Waals surface area contributed by atoms with Crippen molar-refractivity contribution in [2.75, 3.05) is 0 Å². The number of aryl methyl sites for hydroxylation is 1. The van der Waals surface area contributed by atoms with Gasteiger partial charge in [-0.2, -0.15) is 0 Å². The standard InChI is InChI=1S/C12H17NO2.C2H6/c1-8-5-6-9(7-10(8)14)11(15)13-12(2,3)4;1-2/h5-7,14H,1-4H3,(H,13,15);1-2H3. The molecule has 0 atom stereocenters. The Morgan fingerprint density at radius 2 is 1.76 bits per heavy atom. The van der Waals surface area contributed by atoms with Crippen LogP contribution in [0.5, 0.6) is 5.75 Å². The molecule has 0 spiro atoms. The molecule has 0 fully saturated rings. The van der Waals surface area contributed by atoms with Crippen LogP contribution in [0.3, 0.4) is 0 Å². The maximum absolute atomic E-state index is 11.7. The number of phenols is 1. The number of aromatic hydroxyl groups is 1. The van der Waals surface area contributed by atoms with Crippen LogP contribution in [-0.4, -0.2) is 16.6 Å². The summed E-state index contributed by atoms with van der Waals surface area (Å²) < 4.78 is 0. The second kappa shape index (κ2) is 6.28. The molecule has 3 nitrogen and oxygen atoms in total. The third-order valence-electron chi connectivity index (χ3n) is 1.96. The second-order valence-corrected chi connectivity index (χ2v) is 4.71. The summed E-state index contributed by atoms with van der Waals surface area (Å²) in [7, 11) is 0. The maximum Gasteiger partial charge on any atom is 0.251 e. The minimum atomic E-state index is -0.266. The molecule has 0 saturated heterocycles. The molecule has 0 aliphatic carbocycles. The van der Waals surface area contributed by atoms with Crippen LogP contribution in [0.15, 0.2) is 18.2 Å². The molecule has 0 aliphatic rings. The summed E-state index contributed by atoms with van der Waals surface area (Å²) >= 11 is 0. The van der Waals surface area contributed by atoms with Gasteiger partial charge in [0, 0.05) is 11.1 Å². The second-order valence-electron chi connectivity index (χ2n) is 4.71. The highest BCUT2D eigenvalue weighted by atomic mass is 16.3. The average Bonchev–Trinajstić information content (AvgIpc) is 2.22. The highest BCUT2D eigenvalue weighted by Gasteiger charge is 2.15. The number of phenolic OH excluding ortho intramolecular Hbond substituents is 1. The van der Waals surface area contributed by atoms with E-state index < -0.39 is 0 Å². The molecule has 0 aliphatic heterocycles. The van der Waals surface area contributed by atoms with Crippen LogP contribution in [0.4, 0.5) is 0 Å². The van der Waals surface area contributed by atoms with Gasteiger partial charge < -0.3 is 10.4 Å². The van der Waals surface area contributed by atoms with Crippen molar-refractivity contribution >= 4 is 5.91 Å². The van der Waals surface area contributed by atoms with Gasteiger partial charge in [-0.05, 0) is 45.4 Å². The van der Waals surface area contributed by atoms with E-state index >= 15 is 0 Å². The maximum atomic E-state index is 11.7. The average molecular weight is 237 g/mol. The zero-order valence-corrected chi connectivity index (χ0v) is 11.6. The summed E-state index contributed by atoms with van der Waals surface area (Å²) in [5.74, 6) is -0.0191. The van der Waals surface area contributed by atoms with Crippen LogP contribution in [0.1, 0.15) is 50.5 Å². The Morgan fingerprint density at radius 1 is 1.24 bits per heavy atom. The van der Waals surface area contributed by atoms with E-state index in [2.05, 4.69) is 5.32 Å². The number of benzene rings is 1. The van der Waals surface area contributed by atoms with Crippen LogP contribution in [0, 0.1) is 6.92 Å². The predicted molar refractivity (Wildman–Crippen MR) is 71.4 cm³/mol. The first-order valence-electron chi connectivity index (χ1n) is 5.92. The van der Waals surface area contributed by atoms with E-state index in [0.717, 1.165) is 5.56 Å². The third-order valence-corrected chi connectivity index (χ3v) is 1.96. The molecule has 1 amide bonds. The molecule has 1 aromatic carbocycles. The quantitative estimate of drug-likeness (QED) is 0.787. The van der Waals surface area contributed by atoms with Crippen molar-refractivity contribution in [2.24, 2.45) is 0 Å². The Kier molecular flexibility index (Phi) is 5.72. The molecule has 0 bridgehead atoms. The van der Waals surface area contributed by atoms with Gasteiger partial charge in [-0.3, -0.25) is 4.79 Å². The zero-order valence-electron chi connectivity index (χ0n) is 11.6. The van der Waals surface area contributed by atoms with Crippen LogP contribution in [0.25, 0.3) is 0 Å². The summed E-state index contributed by atoms with van der Waals surface area (Å²) in [5, 5.41) is 12.3. The van der Waals surface area contributed by atoms with Crippen molar-refractivity contribution in [2.45, 2.75) is 47.1 Å². The fourth-order valence-corrected chi connectivity index (χ4v) is 1.16. The Morgan fingerprint density at radius 3 is 2.18 bits per heavy atom. The third kappa shape index (κ3) is 5.38. The number of hydrogen-bond acceptors (Lipinski definition) is 2. The minimum absolute atomic E-state index is 0.150. The van der Waals surface area contributed by atoms with Crippen molar-refractivity contribution < 1.29 is 9.90 Å². The molecule has 17 heavy (non-hydrogen) atoms. The van der Waals surface area contributed by atoms with Gasteiger partial charge in [-0.1, -0.05) is 19.9 Å². The van der Waals surface area contributed by atoms with Crippen molar-refractivity contribution in [3.8, 4) is 5.75 Å².